The first-order valence-corrected chi connectivity index (χ1v) is 2.36. The second-order valence-electron chi connectivity index (χ2n) is 1.60. The monoisotopic (exact) mass is 175 g/mol. The lowest BCUT2D eigenvalue weighted by Crippen LogP contribution is -2.33. The summed E-state index contributed by atoms with van der Waals surface area (Å²) in [5.74, 6) is -4.44. The quantitative estimate of drug-likeness (QED) is 0.481. The number of carbonyl (C=O) groups excluding carboxylic acids is 1. The zero-order valence-corrected chi connectivity index (χ0v) is 5.02. The van der Waals surface area contributed by atoms with Gasteiger partial charge in [-0.25, -0.2) is 8.78 Å². The van der Waals surface area contributed by atoms with Gasteiger partial charge in [-0.05, 0) is 0 Å². The van der Waals surface area contributed by atoms with Crippen molar-refractivity contribution in [3.05, 3.63) is 0 Å². The van der Waals surface area contributed by atoms with Crippen molar-refractivity contribution in [1.29, 1.82) is 0 Å². The lowest BCUT2D eigenvalue weighted by atomic mass is 10.4. The summed E-state index contributed by atoms with van der Waals surface area (Å²) in [6, 6.07) is 0. The maximum absolute atomic E-state index is 11.7. The van der Waals surface area contributed by atoms with E-state index in [2.05, 4.69) is 4.74 Å². The lowest BCUT2D eigenvalue weighted by Gasteiger charge is -2.12. The van der Waals surface area contributed by atoms with Crippen LogP contribution in [0, 0.1) is 0 Å². The number of rotatable bonds is 3. The van der Waals surface area contributed by atoms with E-state index >= 15 is 0 Å². The number of carbonyl (C=O) groups is 1. The van der Waals surface area contributed by atoms with Crippen LogP contribution in [0.4, 0.5) is 22.4 Å². The van der Waals surface area contributed by atoms with E-state index in [1.165, 1.54) is 0 Å². The molecule has 0 aliphatic rings. The topological polar surface area (TPSA) is 46.2 Å². The second-order valence-corrected chi connectivity index (χ2v) is 1.60. The molecule has 11 heavy (non-hydrogen) atoms. The lowest BCUT2D eigenvalue weighted by molar-refractivity contribution is -0.158. The average Bonchev–Trinajstić information content (AvgIpc) is 1.84. The van der Waals surface area contributed by atoms with Crippen molar-refractivity contribution in [3.8, 4) is 0 Å². The Morgan fingerprint density at radius 1 is 1.45 bits per heavy atom. The molecule has 7 heteroatoms. The van der Waals surface area contributed by atoms with Crippen LogP contribution in [0.5, 0.6) is 0 Å². The normalized spacial score (nSPS) is 11.7. The van der Waals surface area contributed by atoms with Crippen LogP contribution < -0.4 is 0 Å². The van der Waals surface area contributed by atoms with E-state index in [9.17, 15) is 27.5 Å². The molecule has 0 fully saturated rings. The first-order chi connectivity index (χ1) is 4.86. The fourth-order valence-corrected chi connectivity index (χ4v) is 0.218. The van der Waals surface area contributed by atoms with Gasteiger partial charge < -0.3 is 4.74 Å². The molecule has 0 heterocycles. The van der Waals surface area contributed by atoms with E-state index in [1.807, 2.05) is 0 Å². The summed E-state index contributed by atoms with van der Waals surface area (Å²) >= 11 is 0. The highest BCUT2D eigenvalue weighted by Gasteiger charge is 2.42. The Kier molecular flexibility index (Phi) is 3.09. The Morgan fingerprint density at radius 3 is 2.18 bits per heavy atom. The fraction of sp³-hybridized carbons (Fsp3) is 0.750. The molecular formula is C4H3F4O3. The van der Waals surface area contributed by atoms with Gasteiger partial charge >= 0.3 is 18.5 Å². The molecule has 0 aromatic heterocycles. The molecule has 0 aromatic rings. The van der Waals surface area contributed by atoms with Gasteiger partial charge in [-0.1, -0.05) is 0 Å². The summed E-state index contributed by atoms with van der Waals surface area (Å²) < 4.78 is 49.1. The van der Waals surface area contributed by atoms with Gasteiger partial charge in [-0.15, -0.1) is 0 Å². The highest BCUT2D eigenvalue weighted by Crippen LogP contribution is 2.22. The Bertz CT molecular complexity index is 146. The Labute approximate surface area is 58.6 Å². The summed E-state index contributed by atoms with van der Waals surface area (Å²) in [4.78, 5) is 9.36. The molecule has 0 saturated carbocycles. The van der Waals surface area contributed by atoms with Crippen molar-refractivity contribution in [2.24, 2.45) is 0 Å². The van der Waals surface area contributed by atoms with Crippen molar-refractivity contribution in [3.63, 3.8) is 0 Å². The Balaban J connectivity index is 3.82. The molecular weight excluding hydrogens is 172 g/mol. The minimum Gasteiger partial charge on any atom is -0.425 e. The molecule has 65 valence electrons. The van der Waals surface area contributed by atoms with Gasteiger partial charge in [0.1, 0.15) is 0 Å². The SMILES string of the molecule is [O]C(=O)OCC(F)(F)C(F)F. The zero-order valence-electron chi connectivity index (χ0n) is 5.02. The molecule has 0 spiro atoms. The van der Waals surface area contributed by atoms with Crippen LogP contribution in [0.25, 0.3) is 0 Å². The van der Waals surface area contributed by atoms with E-state index < -0.39 is 25.1 Å². The predicted octanol–water partition coefficient (Wildman–Crippen LogP) is 1.45. The van der Waals surface area contributed by atoms with Crippen LogP contribution in [-0.4, -0.2) is 25.1 Å². The Morgan fingerprint density at radius 2 is 1.91 bits per heavy atom. The largest absolute Gasteiger partial charge is 0.550 e. The Hall–Kier alpha value is -1.01. The van der Waals surface area contributed by atoms with Gasteiger partial charge in [0.05, 0.1) is 0 Å². The molecule has 1 radical (unpaired) electrons. The van der Waals surface area contributed by atoms with Crippen molar-refractivity contribution in [2.75, 3.05) is 6.61 Å². The third kappa shape index (κ3) is 3.64. The van der Waals surface area contributed by atoms with Crippen molar-refractivity contribution >= 4 is 6.16 Å². The van der Waals surface area contributed by atoms with Gasteiger partial charge in [-0.2, -0.15) is 18.7 Å². The molecule has 0 bridgehead atoms. The predicted molar refractivity (Wildman–Crippen MR) is 23.0 cm³/mol. The van der Waals surface area contributed by atoms with E-state index in [0.29, 0.717) is 0 Å². The zero-order chi connectivity index (χ0) is 9.07. The standard InChI is InChI=1S/C4H3F4O3/c5-2(6)4(7,8)1-11-3(9)10/h2H,1H2. The number of halogens is 4. The molecule has 0 amide bonds. The van der Waals surface area contributed by atoms with Crippen LogP contribution in [0.15, 0.2) is 0 Å². The smallest absolute Gasteiger partial charge is 0.425 e. The van der Waals surface area contributed by atoms with Gasteiger partial charge in [0.15, 0.2) is 6.61 Å². The third-order valence-electron chi connectivity index (χ3n) is 0.702. The molecule has 3 nitrogen and oxygen atoms in total. The van der Waals surface area contributed by atoms with E-state index in [4.69, 9.17) is 0 Å². The summed E-state index contributed by atoms with van der Waals surface area (Å²) in [6.45, 7) is -1.88. The maximum atomic E-state index is 11.7. The van der Waals surface area contributed by atoms with E-state index in [0.717, 1.165) is 0 Å². The molecule has 0 saturated heterocycles. The van der Waals surface area contributed by atoms with Crippen LogP contribution >= 0.6 is 0 Å². The van der Waals surface area contributed by atoms with Gasteiger partial charge in [0.2, 0.25) is 0 Å². The molecule has 0 N–H and O–H groups in total. The van der Waals surface area contributed by atoms with Crippen molar-refractivity contribution in [2.45, 2.75) is 12.3 Å². The van der Waals surface area contributed by atoms with Gasteiger partial charge in [0.25, 0.3) is 0 Å². The number of hydrogen-bond donors (Lipinski definition) is 0. The molecule has 0 aromatic carbocycles. The average molecular weight is 175 g/mol. The van der Waals surface area contributed by atoms with E-state index in [1.54, 1.807) is 0 Å². The first kappa shape index (κ1) is 9.99. The van der Waals surface area contributed by atoms with Gasteiger partial charge in [-0.3, -0.25) is 0 Å². The summed E-state index contributed by atoms with van der Waals surface area (Å²) in [5, 5.41) is 9.36. The highest BCUT2D eigenvalue weighted by molar-refractivity contribution is 5.56. The van der Waals surface area contributed by atoms with Crippen LogP contribution in [-0.2, 0) is 9.84 Å². The minimum absolute atomic E-state index is 1.88. The molecule has 0 aliphatic heterocycles. The first-order valence-electron chi connectivity index (χ1n) is 2.36. The highest BCUT2D eigenvalue weighted by atomic mass is 19.3. The summed E-state index contributed by atoms with van der Waals surface area (Å²) in [5.41, 5.74) is 0. The molecule has 0 atom stereocenters. The summed E-state index contributed by atoms with van der Waals surface area (Å²) in [6.07, 6.45) is -6.20. The van der Waals surface area contributed by atoms with Crippen molar-refractivity contribution < 1.29 is 32.2 Å². The molecule has 0 unspecified atom stereocenters. The number of alkyl halides is 4. The summed E-state index contributed by atoms with van der Waals surface area (Å²) in [7, 11) is 0. The molecule has 0 aliphatic carbocycles. The van der Waals surface area contributed by atoms with Crippen LogP contribution in [0.1, 0.15) is 0 Å². The van der Waals surface area contributed by atoms with E-state index in [-0.39, 0.29) is 0 Å². The molecule has 0 rings (SSSR count). The van der Waals surface area contributed by atoms with Crippen LogP contribution in [0.2, 0.25) is 0 Å². The maximum Gasteiger partial charge on any atom is 0.550 e. The number of ether oxygens (including phenoxy) is 1. The fourth-order valence-electron chi connectivity index (χ4n) is 0.218. The number of hydrogen-bond acceptors (Lipinski definition) is 2. The minimum atomic E-state index is -4.44. The van der Waals surface area contributed by atoms with Crippen molar-refractivity contribution in [1.82, 2.24) is 0 Å². The second kappa shape index (κ2) is 3.40. The third-order valence-corrected chi connectivity index (χ3v) is 0.702. The van der Waals surface area contributed by atoms with Gasteiger partial charge in [0, 0.05) is 0 Å². The van der Waals surface area contributed by atoms with Crippen LogP contribution in [0.3, 0.4) is 0 Å².